The maximum Gasteiger partial charge on any atom is 0.240 e. The molecule has 0 aromatic heterocycles. The van der Waals surface area contributed by atoms with Gasteiger partial charge in [0.2, 0.25) is 11.8 Å². The lowest BCUT2D eigenvalue weighted by Crippen LogP contribution is -2.35. The third-order valence-electron chi connectivity index (χ3n) is 4.58. The first-order chi connectivity index (χ1) is 11.9. The Bertz CT molecular complexity index is 796. The molecule has 0 radical (unpaired) electrons. The number of carbonyl (C=O) groups excluding carboxylic acids is 2. The quantitative estimate of drug-likeness (QED) is 0.797. The second-order valence-corrected chi connectivity index (χ2v) is 6.75. The van der Waals surface area contributed by atoms with E-state index in [1.807, 2.05) is 24.3 Å². The predicted octanol–water partition coefficient (Wildman–Crippen LogP) is 4.31. The summed E-state index contributed by atoms with van der Waals surface area (Å²) in [4.78, 5) is 25.1. The minimum absolute atomic E-state index is 0.0906. The SMILES string of the molecule is CC(C)c1ccc(NC(=O)C2(C(=O)Nc3ccccc3F)CC2)cc1. The van der Waals surface area contributed by atoms with Gasteiger partial charge in [0.15, 0.2) is 0 Å². The fourth-order valence-electron chi connectivity index (χ4n) is 2.69. The Morgan fingerprint density at radius 1 is 0.960 bits per heavy atom. The Kier molecular flexibility index (Phi) is 4.57. The number of anilines is 2. The van der Waals surface area contributed by atoms with Gasteiger partial charge in [0.1, 0.15) is 11.2 Å². The summed E-state index contributed by atoms with van der Waals surface area (Å²) < 4.78 is 13.7. The molecule has 0 bridgehead atoms. The van der Waals surface area contributed by atoms with Gasteiger partial charge in [-0.15, -0.1) is 0 Å². The first-order valence-corrected chi connectivity index (χ1v) is 8.40. The van der Waals surface area contributed by atoms with E-state index in [2.05, 4.69) is 24.5 Å². The highest BCUT2D eigenvalue weighted by Crippen LogP contribution is 2.47. The highest BCUT2D eigenvalue weighted by molar-refractivity contribution is 6.16. The molecule has 3 rings (SSSR count). The molecule has 2 amide bonds. The molecule has 0 atom stereocenters. The molecule has 1 aliphatic carbocycles. The van der Waals surface area contributed by atoms with Gasteiger partial charge < -0.3 is 10.6 Å². The summed E-state index contributed by atoms with van der Waals surface area (Å²) in [5.41, 5.74) is 0.808. The zero-order valence-electron chi connectivity index (χ0n) is 14.3. The maximum absolute atomic E-state index is 13.7. The number of nitrogens with one attached hydrogen (secondary N) is 2. The van der Waals surface area contributed by atoms with Crippen LogP contribution in [-0.4, -0.2) is 11.8 Å². The van der Waals surface area contributed by atoms with E-state index < -0.39 is 17.1 Å². The number of benzene rings is 2. The van der Waals surface area contributed by atoms with Gasteiger partial charge in [-0.1, -0.05) is 38.1 Å². The summed E-state index contributed by atoms with van der Waals surface area (Å²) in [5.74, 6) is -0.921. The average Bonchev–Trinajstić information content (AvgIpc) is 3.39. The largest absolute Gasteiger partial charge is 0.325 e. The van der Waals surface area contributed by atoms with Crippen LogP contribution in [0.4, 0.5) is 15.8 Å². The van der Waals surface area contributed by atoms with E-state index in [-0.39, 0.29) is 11.6 Å². The van der Waals surface area contributed by atoms with Crippen LogP contribution < -0.4 is 10.6 Å². The number of hydrogen-bond donors (Lipinski definition) is 2. The van der Waals surface area contributed by atoms with Gasteiger partial charge in [-0.05, 0) is 48.6 Å². The van der Waals surface area contributed by atoms with Crippen molar-refractivity contribution >= 4 is 23.2 Å². The van der Waals surface area contributed by atoms with Crippen molar-refractivity contribution in [2.45, 2.75) is 32.6 Å². The van der Waals surface area contributed by atoms with Crippen molar-refractivity contribution in [2.75, 3.05) is 10.6 Å². The molecule has 0 heterocycles. The van der Waals surface area contributed by atoms with Crippen LogP contribution in [0.2, 0.25) is 0 Å². The van der Waals surface area contributed by atoms with E-state index in [1.54, 1.807) is 12.1 Å². The smallest absolute Gasteiger partial charge is 0.240 e. The lowest BCUT2D eigenvalue weighted by molar-refractivity contribution is -0.131. The van der Waals surface area contributed by atoms with Gasteiger partial charge >= 0.3 is 0 Å². The first-order valence-electron chi connectivity index (χ1n) is 8.40. The van der Waals surface area contributed by atoms with Crippen LogP contribution in [-0.2, 0) is 9.59 Å². The van der Waals surface area contributed by atoms with Crippen LogP contribution >= 0.6 is 0 Å². The van der Waals surface area contributed by atoms with E-state index in [0.717, 1.165) is 0 Å². The number of para-hydroxylation sites is 1. The van der Waals surface area contributed by atoms with E-state index in [1.165, 1.54) is 17.7 Å². The third kappa shape index (κ3) is 3.55. The molecule has 0 spiro atoms. The second-order valence-electron chi connectivity index (χ2n) is 6.75. The van der Waals surface area contributed by atoms with Crippen LogP contribution in [0.3, 0.4) is 0 Å². The zero-order valence-corrected chi connectivity index (χ0v) is 14.3. The Balaban J connectivity index is 1.68. The fourth-order valence-corrected chi connectivity index (χ4v) is 2.69. The summed E-state index contributed by atoms with van der Waals surface area (Å²) in [5, 5.41) is 5.33. The average molecular weight is 340 g/mol. The summed E-state index contributed by atoms with van der Waals surface area (Å²) in [6, 6.07) is 13.5. The number of carbonyl (C=O) groups is 2. The summed E-state index contributed by atoms with van der Waals surface area (Å²) in [6.45, 7) is 4.19. The third-order valence-corrected chi connectivity index (χ3v) is 4.58. The molecule has 2 N–H and O–H groups in total. The van der Waals surface area contributed by atoms with Gasteiger partial charge in [0, 0.05) is 5.69 Å². The van der Waals surface area contributed by atoms with Crippen molar-refractivity contribution in [2.24, 2.45) is 5.41 Å². The molecule has 4 nitrogen and oxygen atoms in total. The molecule has 25 heavy (non-hydrogen) atoms. The molecule has 2 aromatic rings. The number of amides is 2. The standard InChI is InChI=1S/C20H21FN2O2/c1-13(2)14-7-9-15(10-8-14)22-18(24)20(11-12-20)19(25)23-17-6-4-3-5-16(17)21/h3-10,13H,11-12H2,1-2H3,(H,22,24)(H,23,25). The molecule has 0 saturated heterocycles. The van der Waals surface area contributed by atoms with Crippen molar-refractivity contribution < 1.29 is 14.0 Å². The van der Waals surface area contributed by atoms with Gasteiger partial charge in [0.05, 0.1) is 5.69 Å². The molecule has 0 unspecified atom stereocenters. The fraction of sp³-hybridized carbons (Fsp3) is 0.300. The van der Waals surface area contributed by atoms with Crippen molar-refractivity contribution in [3.8, 4) is 0 Å². The summed E-state index contributed by atoms with van der Waals surface area (Å²) >= 11 is 0. The molecule has 0 aliphatic heterocycles. The normalized spacial score (nSPS) is 14.9. The molecule has 130 valence electrons. The molecular weight excluding hydrogens is 319 g/mol. The number of hydrogen-bond acceptors (Lipinski definition) is 2. The second kappa shape index (κ2) is 6.67. The minimum atomic E-state index is -1.11. The van der Waals surface area contributed by atoms with Crippen LogP contribution in [0.25, 0.3) is 0 Å². The van der Waals surface area contributed by atoms with Crippen LogP contribution in [0, 0.1) is 11.2 Å². The summed E-state index contributed by atoms with van der Waals surface area (Å²) in [7, 11) is 0. The highest BCUT2D eigenvalue weighted by Gasteiger charge is 2.56. The first kappa shape index (κ1) is 17.1. The van der Waals surface area contributed by atoms with Gasteiger partial charge in [-0.3, -0.25) is 9.59 Å². The van der Waals surface area contributed by atoms with Crippen molar-refractivity contribution in [1.29, 1.82) is 0 Å². The van der Waals surface area contributed by atoms with Crippen LogP contribution in [0.5, 0.6) is 0 Å². The number of halogens is 1. The molecule has 1 aliphatic rings. The van der Waals surface area contributed by atoms with E-state index in [9.17, 15) is 14.0 Å². The van der Waals surface area contributed by atoms with E-state index >= 15 is 0 Å². The Labute approximate surface area is 146 Å². The number of rotatable bonds is 5. The van der Waals surface area contributed by atoms with Gasteiger partial charge in [-0.2, -0.15) is 0 Å². The van der Waals surface area contributed by atoms with Crippen molar-refractivity contribution in [1.82, 2.24) is 0 Å². The molecular formula is C20H21FN2O2. The van der Waals surface area contributed by atoms with Gasteiger partial charge in [-0.25, -0.2) is 4.39 Å². The topological polar surface area (TPSA) is 58.2 Å². The van der Waals surface area contributed by atoms with Crippen molar-refractivity contribution in [3.63, 3.8) is 0 Å². The van der Waals surface area contributed by atoms with Crippen LogP contribution in [0.1, 0.15) is 38.2 Å². The Hall–Kier alpha value is -2.69. The molecule has 2 aromatic carbocycles. The monoisotopic (exact) mass is 340 g/mol. The predicted molar refractivity (Wildman–Crippen MR) is 95.9 cm³/mol. The lowest BCUT2D eigenvalue weighted by Gasteiger charge is -2.16. The van der Waals surface area contributed by atoms with E-state index in [0.29, 0.717) is 24.4 Å². The van der Waals surface area contributed by atoms with E-state index in [4.69, 9.17) is 0 Å². The summed E-state index contributed by atoms with van der Waals surface area (Å²) in [6.07, 6.45) is 0.923. The van der Waals surface area contributed by atoms with Gasteiger partial charge in [0.25, 0.3) is 0 Å². The Morgan fingerprint density at radius 2 is 1.56 bits per heavy atom. The molecule has 1 fully saturated rings. The maximum atomic E-state index is 13.7. The molecule has 1 saturated carbocycles. The Morgan fingerprint density at radius 3 is 2.12 bits per heavy atom. The zero-order chi connectivity index (χ0) is 18.0. The molecule has 5 heteroatoms. The minimum Gasteiger partial charge on any atom is -0.325 e. The highest BCUT2D eigenvalue weighted by atomic mass is 19.1. The lowest BCUT2D eigenvalue weighted by atomic mass is 10.0. The van der Waals surface area contributed by atoms with Crippen molar-refractivity contribution in [3.05, 3.63) is 59.9 Å². The van der Waals surface area contributed by atoms with Crippen LogP contribution in [0.15, 0.2) is 48.5 Å².